The molecule has 0 bridgehead atoms. The van der Waals surface area contributed by atoms with Gasteiger partial charge >= 0.3 is 0 Å². The number of nitrogens with zero attached hydrogens (tertiary/aromatic N) is 3. The fourth-order valence-corrected chi connectivity index (χ4v) is 4.59. The van der Waals surface area contributed by atoms with E-state index in [0.717, 1.165) is 22.2 Å². The van der Waals surface area contributed by atoms with Gasteiger partial charge in [-0.1, -0.05) is 48.2 Å². The number of carbonyl (C=O) groups excluding carboxylic acids is 2. The molecule has 1 aliphatic rings. The maximum absolute atomic E-state index is 13.3. The van der Waals surface area contributed by atoms with Crippen molar-refractivity contribution in [2.45, 2.75) is 11.7 Å². The zero-order valence-electron chi connectivity index (χ0n) is 16.7. The summed E-state index contributed by atoms with van der Waals surface area (Å²) in [6.45, 7) is 0.182. The van der Waals surface area contributed by atoms with E-state index in [4.69, 9.17) is 0 Å². The number of aromatic nitrogens is 2. The number of halogens is 1. The summed E-state index contributed by atoms with van der Waals surface area (Å²) >= 11 is 1.14. The van der Waals surface area contributed by atoms with Gasteiger partial charge in [0.15, 0.2) is 5.16 Å². The van der Waals surface area contributed by atoms with Crippen LogP contribution in [0.25, 0.3) is 10.9 Å². The largest absolute Gasteiger partial charge is 0.283 e. The molecule has 0 spiro atoms. The van der Waals surface area contributed by atoms with Crippen LogP contribution in [-0.2, 0) is 6.54 Å². The number of imide groups is 1. The number of thioether (sulfide) groups is 1. The van der Waals surface area contributed by atoms with Crippen LogP contribution in [0, 0.1) is 5.82 Å². The van der Waals surface area contributed by atoms with Crippen LogP contribution in [0.4, 0.5) is 4.39 Å². The van der Waals surface area contributed by atoms with Crippen LogP contribution in [-0.4, -0.2) is 32.1 Å². The van der Waals surface area contributed by atoms with Crippen molar-refractivity contribution >= 4 is 34.5 Å². The second-order valence-corrected chi connectivity index (χ2v) is 8.20. The van der Waals surface area contributed by atoms with Gasteiger partial charge in [-0.15, -0.1) is 0 Å². The first-order valence-corrected chi connectivity index (χ1v) is 10.8. The third-order valence-corrected chi connectivity index (χ3v) is 6.24. The van der Waals surface area contributed by atoms with Crippen molar-refractivity contribution in [3.05, 3.63) is 106 Å². The molecular weight excluding hydrogens is 429 g/mol. The fraction of sp³-hybridized carbons (Fsp3) is 0.0833. The summed E-state index contributed by atoms with van der Waals surface area (Å²) in [6.07, 6.45) is 0. The molecule has 0 fully saturated rings. The van der Waals surface area contributed by atoms with Gasteiger partial charge in [0.05, 0.1) is 34.5 Å². The molecule has 8 heteroatoms. The number of hydrogen-bond acceptors (Lipinski definition) is 5. The molecule has 0 N–H and O–H groups in total. The zero-order valence-corrected chi connectivity index (χ0v) is 17.5. The number of amides is 2. The molecule has 2 heterocycles. The highest BCUT2D eigenvalue weighted by Gasteiger charge is 2.35. The Morgan fingerprint density at radius 1 is 0.812 bits per heavy atom. The van der Waals surface area contributed by atoms with Crippen LogP contribution in [0.3, 0.4) is 0 Å². The van der Waals surface area contributed by atoms with Gasteiger partial charge in [-0.3, -0.25) is 23.9 Å². The van der Waals surface area contributed by atoms with Crippen molar-refractivity contribution in [1.82, 2.24) is 14.5 Å². The minimum atomic E-state index is -0.369. The van der Waals surface area contributed by atoms with E-state index in [9.17, 15) is 18.8 Å². The first-order valence-electron chi connectivity index (χ1n) is 9.85. The average molecular weight is 445 g/mol. The monoisotopic (exact) mass is 445 g/mol. The first kappa shape index (κ1) is 20.1. The van der Waals surface area contributed by atoms with Gasteiger partial charge in [-0.25, -0.2) is 9.37 Å². The summed E-state index contributed by atoms with van der Waals surface area (Å²) in [5, 5.41) is 0.828. The minimum Gasteiger partial charge on any atom is -0.283 e. The second kappa shape index (κ2) is 8.05. The summed E-state index contributed by atoms with van der Waals surface area (Å²) < 4.78 is 14.8. The summed E-state index contributed by atoms with van der Waals surface area (Å²) in [7, 11) is 0. The lowest BCUT2D eigenvalue weighted by Crippen LogP contribution is -2.30. The van der Waals surface area contributed by atoms with Crippen molar-refractivity contribution in [2.75, 3.05) is 5.88 Å². The van der Waals surface area contributed by atoms with Crippen LogP contribution in [0.5, 0.6) is 0 Å². The smallest absolute Gasteiger partial charge is 0.262 e. The van der Waals surface area contributed by atoms with Crippen molar-refractivity contribution in [2.24, 2.45) is 0 Å². The van der Waals surface area contributed by atoms with Gasteiger partial charge in [-0.2, -0.15) is 0 Å². The standard InChI is InChI=1S/C24H16FN3O3S/c25-16-11-9-15(10-12-16)13-27-23(31)19-7-3-4-8-20(19)26-24(27)32-14-28-21(29)17-5-1-2-6-18(17)22(28)30/h1-12H,13-14H2. The molecule has 0 aliphatic carbocycles. The molecule has 158 valence electrons. The van der Waals surface area contributed by atoms with E-state index in [0.29, 0.717) is 27.2 Å². The van der Waals surface area contributed by atoms with Gasteiger partial charge in [0.25, 0.3) is 17.4 Å². The number of fused-ring (bicyclic) bond motifs is 2. The SMILES string of the molecule is O=C1c2ccccc2C(=O)N1CSc1nc2ccccc2c(=O)n1Cc1ccc(F)cc1. The lowest BCUT2D eigenvalue weighted by Gasteiger charge is -2.16. The van der Waals surface area contributed by atoms with Crippen molar-refractivity contribution in [3.8, 4) is 0 Å². The quantitative estimate of drug-likeness (QED) is 0.264. The van der Waals surface area contributed by atoms with Crippen LogP contribution in [0.1, 0.15) is 26.3 Å². The van der Waals surface area contributed by atoms with E-state index in [-0.39, 0.29) is 35.6 Å². The predicted octanol–water partition coefficient (Wildman–Crippen LogP) is 3.93. The topological polar surface area (TPSA) is 72.3 Å². The van der Waals surface area contributed by atoms with Gasteiger partial charge < -0.3 is 0 Å². The van der Waals surface area contributed by atoms with Crippen LogP contribution in [0.15, 0.2) is 82.7 Å². The molecule has 1 aliphatic heterocycles. The van der Waals surface area contributed by atoms with Crippen LogP contribution >= 0.6 is 11.8 Å². The van der Waals surface area contributed by atoms with Gasteiger partial charge in [0.1, 0.15) is 5.82 Å². The van der Waals surface area contributed by atoms with Crippen LogP contribution < -0.4 is 5.56 Å². The van der Waals surface area contributed by atoms with Crippen molar-refractivity contribution < 1.29 is 14.0 Å². The van der Waals surface area contributed by atoms with E-state index in [1.54, 1.807) is 60.7 Å². The predicted molar refractivity (Wildman–Crippen MR) is 119 cm³/mol. The summed E-state index contributed by atoms with van der Waals surface area (Å²) in [4.78, 5) is 44.3. The third kappa shape index (κ3) is 3.48. The summed E-state index contributed by atoms with van der Waals surface area (Å²) in [5.41, 5.74) is 1.75. The Kier molecular flexibility index (Phi) is 5.07. The molecule has 0 saturated carbocycles. The third-order valence-electron chi connectivity index (χ3n) is 5.28. The highest BCUT2D eigenvalue weighted by atomic mass is 32.2. The fourth-order valence-electron chi connectivity index (χ4n) is 3.65. The van der Waals surface area contributed by atoms with E-state index < -0.39 is 0 Å². The maximum atomic E-state index is 13.3. The van der Waals surface area contributed by atoms with Crippen molar-refractivity contribution in [3.63, 3.8) is 0 Å². The Balaban J connectivity index is 1.50. The first-order chi connectivity index (χ1) is 15.5. The number of benzene rings is 3. The number of carbonyl (C=O) groups is 2. The molecule has 0 radical (unpaired) electrons. The van der Waals surface area contributed by atoms with Gasteiger partial charge in [0.2, 0.25) is 0 Å². The molecule has 2 amide bonds. The lowest BCUT2D eigenvalue weighted by atomic mass is 10.1. The molecule has 0 saturated heterocycles. The molecule has 3 aromatic carbocycles. The Morgan fingerprint density at radius 2 is 1.44 bits per heavy atom. The highest BCUT2D eigenvalue weighted by Crippen LogP contribution is 2.27. The molecular formula is C24H16FN3O3S. The Morgan fingerprint density at radius 3 is 2.12 bits per heavy atom. The van der Waals surface area contributed by atoms with E-state index in [1.807, 2.05) is 0 Å². The molecule has 32 heavy (non-hydrogen) atoms. The number of hydrogen-bond donors (Lipinski definition) is 0. The Bertz CT molecular complexity index is 1400. The molecule has 0 atom stereocenters. The molecule has 0 unspecified atom stereocenters. The number of para-hydroxylation sites is 1. The summed E-state index contributed by atoms with van der Waals surface area (Å²) in [5.74, 6) is -1.09. The second-order valence-electron chi connectivity index (χ2n) is 7.29. The molecule has 4 aromatic rings. The van der Waals surface area contributed by atoms with E-state index >= 15 is 0 Å². The molecule has 1 aromatic heterocycles. The Labute approximate surface area is 186 Å². The normalized spacial score (nSPS) is 13.1. The van der Waals surface area contributed by atoms with Gasteiger partial charge in [0, 0.05) is 0 Å². The molecule has 5 rings (SSSR count). The maximum Gasteiger partial charge on any atom is 0.262 e. The van der Waals surface area contributed by atoms with E-state index in [1.165, 1.54) is 16.7 Å². The Hall–Kier alpha value is -3.78. The van der Waals surface area contributed by atoms with Crippen LogP contribution in [0.2, 0.25) is 0 Å². The van der Waals surface area contributed by atoms with Gasteiger partial charge in [-0.05, 0) is 42.0 Å². The highest BCUT2D eigenvalue weighted by molar-refractivity contribution is 7.99. The number of rotatable bonds is 5. The lowest BCUT2D eigenvalue weighted by molar-refractivity contribution is 0.0684. The summed E-state index contributed by atoms with van der Waals surface area (Å²) in [6, 6.07) is 19.5. The average Bonchev–Trinajstić information content (AvgIpc) is 3.06. The van der Waals surface area contributed by atoms with Crippen molar-refractivity contribution in [1.29, 1.82) is 0 Å². The molecule has 6 nitrogen and oxygen atoms in total. The van der Waals surface area contributed by atoms with E-state index in [2.05, 4.69) is 4.98 Å². The minimum absolute atomic E-state index is 0.0144. The zero-order chi connectivity index (χ0) is 22.2.